The Morgan fingerprint density at radius 2 is 2.03 bits per heavy atom. The zero-order valence-electron chi connectivity index (χ0n) is 16.2. The maximum Gasteiger partial charge on any atom is 0.158 e. The standard InChI is InChI=1S/C22H22N4OS2/c1-27-13-18-24-20(26-11-6-5-9-17(26)21-23-10-12-28-21)19-16(14-29-22(19)25-18)15-7-3-2-4-8-15/h2-4,7-8,10,12,14,17H,5-6,9,11,13H2,1H3/t17-/m0/s1. The summed E-state index contributed by atoms with van der Waals surface area (Å²) in [6.07, 6.45) is 5.38. The minimum atomic E-state index is 0.265. The fourth-order valence-corrected chi connectivity index (χ4v) is 5.78. The van der Waals surface area contributed by atoms with Gasteiger partial charge in [0.25, 0.3) is 0 Å². The molecule has 0 radical (unpaired) electrons. The van der Waals surface area contributed by atoms with E-state index >= 15 is 0 Å². The Labute approximate surface area is 178 Å². The van der Waals surface area contributed by atoms with Crippen LogP contribution in [-0.4, -0.2) is 28.6 Å². The van der Waals surface area contributed by atoms with Gasteiger partial charge in [-0.3, -0.25) is 0 Å². The largest absolute Gasteiger partial charge is 0.377 e. The highest BCUT2D eigenvalue weighted by Crippen LogP contribution is 2.43. The molecule has 1 fully saturated rings. The average Bonchev–Trinajstić information content (AvgIpc) is 3.44. The summed E-state index contributed by atoms with van der Waals surface area (Å²) in [5, 5.41) is 6.58. The molecule has 0 spiro atoms. The predicted octanol–water partition coefficient (Wildman–Crippen LogP) is 5.69. The van der Waals surface area contributed by atoms with Gasteiger partial charge < -0.3 is 9.64 Å². The van der Waals surface area contributed by atoms with Crippen molar-refractivity contribution in [1.29, 1.82) is 0 Å². The lowest BCUT2D eigenvalue weighted by atomic mass is 10.0. The van der Waals surface area contributed by atoms with Crippen LogP contribution in [0.3, 0.4) is 0 Å². The van der Waals surface area contributed by atoms with Crippen LogP contribution in [0.4, 0.5) is 5.82 Å². The van der Waals surface area contributed by atoms with Crippen molar-refractivity contribution in [2.75, 3.05) is 18.6 Å². The van der Waals surface area contributed by atoms with E-state index in [1.165, 1.54) is 22.6 Å². The van der Waals surface area contributed by atoms with Crippen LogP contribution < -0.4 is 4.90 Å². The van der Waals surface area contributed by atoms with Crippen molar-refractivity contribution in [2.24, 2.45) is 0 Å². The molecule has 0 bridgehead atoms. The van der Waals surface area contributed by atoms with Gasteiger partial charge >= 0.3 is 0 Å². The topological polar surface area (TPSA) is 51.1 Å². The molecule has 0 saturated carbocycles. The molecule has 0 aliphatic carbocycles. The van der Waals surface area contributed by atoms with Gasteiger partial charge in [-0.2, -0.15) is 0 Å². The van der Waals surface area contributed by atoms with Crippen LogP contribution in [-0.2, 0) is 11.3 Å². The number of thiazole rings is 1. The van der Waals surface area contributed by atoms with E-state index in [-0.39, 0.29) is 6.04 Å². The number of rotatable bonds is 5. The molecular formula is C22H22N4OS2. The maximum absolute atomic E-state index is 5.36. The summed E-state index contributed by atoms with van der Waals surface area (Å²) >= 11 is 3.41. The molecule has 1 saturated heterocycles. The summed E-state index contributed by atoms with van der Waals surface area (Å²) < 4.78 is 5.36. The van der Waals surface area contributed by atoms with Crippen LogP contribution >= 0.6 is 22.7 Å². The normalized spacial score (nSPS) is 17.1. The van der Waals surface area contributed by atoms with E-state index in [0.29, 0.717) is 6.61 Å². The highest BCUT2D eigenvalue weighted by Gasteiger charge is 2.30. The van der Waals surface area contributed by atoms with Gasteiger partial charge in [0.1, 0.15) is 22.3 Å². The van der Waals surface area contributed by atoms with Crippen LogP contribution in [0.5, 0.6) is 0 Å². The Kier molecular flexibility index (Phi) is 5.26. The SMILES string of the molecule is COCc1nc(N2CCCC[C@H]2c2nccs2)c2c(-c3ccccc3)csc2n1. The summed E-state index contributed by atoms with van der Waals surface area (Å²) in [7, 11) is 1.69. The summed E-state index contributed by atoms with van der Waals surface area (Å²) in [6.45, 7) is 1.39. The molecule has 3 aromatic heterocycles. The smallest absolute Gasteiger partial charge is 0.158 e. The van der Waals surface area contributed by atoms with Crippen molar-refractivity contribution in [2.45, 2.75) is 31.9 Å². The zero-order valence-corrected chi connectivity index (χ0v) is 17.9. The fourth-order valence-electron chi connectivity index (χ4n) is 4.04. The van der Waals surface area contributed by atoms with E-state index in [0.717, 1.165) is 41.2 Å². The molecule has 1 aromatic carbocycles. The average molecular weight is 423 g/mol. The zero-order chi connectivity index (χ0) is 19.6. The molecule has 0 amide bonds. The van der Waals surface area contributed by atoms with Crippen LogP contribution in [0.15, 0.2) is 47.3 Å². The number of benzene rings is 1. The number of ether oxygens (including phenoxy) is 1. The van der Waals surface area contributed by atoms with Gasteiger partial charge in [-0.1, -0.05) is 30.3 Å². The molecule has 148 valence electrons. The molecule has 4 heterocycles. The number of hydrogen-bond acceptors (Lipinski definition) is 7. The molecule has 5 nitrogen and oxygen atoms in total. The highest BCUT2D eigenvalue weighted by atomic mass is 32.1. The molecule has 1 aliphatic heterocycles. The molecule has 1 atom stereocenters. The van der Waals surface area contributed by atoms with Gasteiger partial charge in [-0.05, 0) is 24.8 Å². The molecular weight excluding hydrogens is 400 g/mol. The fraction of sp³-hybridized carbons (Fsp3) is 0.318. The first-order valence-electron chi connectivity index (χ1n) is 9.83. The Hall–Kier alpha value is -2.35. The Morgan fingerprint density at radius 3 is 2.83 bits per heavy atom. The van der Waals surface area contributed by atoms with Gasteiger partial charge in [-0.15, -0.1) is 22.7 Å². The first kappa shape index (κ1) is 18.7. The first-order valence-corrected chi connectivity index (χ1v) is 11.6. The molecule has 4 aromatic rings. The number of methoxy groups -OCH3 is 1. The summed E-state index contributed by atoms with van der Waals surface area (Å²) in [6, 6.07) is 10.8. The third-order valence-corrected chi connectivity index (χ3v) is 7.08. The first-order chi connectivity index (χ1) is 14.3. The quantitative estimate of drug-likeness (QED) is 0.413. The van der Waals surface area contributed by atoms with E-state index in [2.05, 4.69) is 51.0 Å². The van der Waals surface area contributed by atoms with Crippen molar-refractivity contribution >= 4 is 38.7 Å². The second-order valence-electron chi connectivity index (χ2n) is 7.17. The summed E-state index contributed by atoms with van der Waals surface area (Å²) in [4.78, 5) is 17.9. The third kappa shape index (κ3) is 3.54. The number of thiophene rings is 1. The third-order valence-electron chi connectivity index (χ3n) is 5.33. The lowest BCUT2D eigenvalue weighted by molar-refractivity contribution is 0.178. The second-order valence-corrected chi connectivity index (χ2v) is 8.95. The number of fused-ring (bicyclic) bond motifs is 1. The van der Waals surface area contributed by atoms with Gasteiger partial charge in [0, 0.05) is 36.2 Å². The van der Waals surface area contributed by atoms with Crippen LogP contribution in [0.25, 0.3) is 21.3 Å². The summed E-state index contributed by atoms with van der Waals surface area (Å²) in [5.41, 5.74) is 2.40. The Balaban J connectivity index is 1.70. The molecule has 0 unspecified atom stereocenters. The highest BCUT2D eigenvalue weighted by molar-refractivity contribution is 7.17. The minimum absolute atomic E-state index is 0.265. The lowest BCUT2D eigenvalue weighted by Gasteiger charge is -2.36. The molecule has 5 rings (SSSR count). The number of aromatic nitrogens is 3. The van der Waals surface area contributed by atoms with Crippen LogP contribution in [0.2, 0.25) is 0 Å². The van der Waals surface area contributed by atoms with Crippen LogP contribution in [0, 0.1) is 0 Å². The van der Waals surface area contributed by atoms with E-state index < -0.39 is 0 Å². The Bertz CT molecular complexity index is 1090. The lowest BCUT2D eigenvalue weighted by Crippen LogP contribution is -2.34. The molecule has 1 aliphatic rings. The number of anilines is 1. The van der Waals surface area contributed by atoms with E-state index in [4.69, 9.17) is 14.7 Å². The molecule has 0 N–H and O–H groups in total. The van der Waals surface area contributed by atoms with Gasteiger partial charge in [0.05, 0.1) is 11.4 Å². The van der Waals surface area contributed by atoms with Crippen molar-refractivity contribution in [3.63, 3.8) is 0 Å². The summed E-state index contributed by atoms with van der Waals surface area (Å²) in [5.74, 6) is 1.75. The Morgan fingerprint density at radius 1 is 1.14 bits per heavy atom. The van der Waals surface area contributed by atoms with E-state index in [1.807, 2.05) is 6.20 Å². The van der Waals surface area contributed by atoms with E-state index in [9.17, 15) is 0 Å². The van der Waals surface area contributed by atoms with E-state index in [1.54, 1.807) is 29.8 Å². The second kappa shape index (κ2) is 8.18. The predicted molar refractivity (Wildman–Crippen MR) is 120 cm³/mol. The number of piperidine rings is 1. The minimum Gasteiger partial charge on any atom is -0.377 e. The van der Waals surface area contributed by atoms with Gasteiger partial charge in [-0.25, -0.2) is 15.0 Å². The van der Waals surface area contributed by atoms with Crippen molar-refractivity contribution in [3.8, 4) is 11.1 Å². The van der Waals surface area contributed by atoms with Crippen molar-refractivity contribution < 1.29 is 4.74 Å². The van der Waals surface area contributed by atoms with Crippen molar-refractivity contribution in [3.05, 3.63) is 58.1 Å². The number of nitrogens with zero attached hydrogens (tertiary/aromatic N) is 4. The maximum atomic E-state index is 5.36. The van der Waals surface area contributed by atoms with Crippen LogP contribution in [0.1, 0.15) is 36.1 Å². The molecule has 29 heavy (non-hydrogen) atoms. The van der Waals surface area contributed by atoms with Gasteiger partial charge in [0.15, 0.2) is 5.82 Å². The number of hydrogen-bond donors (Lipinski definition) is 0. The monoisotopic (exact) mass is 422 g/mol. The molecule has 7 heteroatoms. The van der Waals surface area contributed by atoms with Crippen molar-refractivity contribution in [1.82, 2.24) is 15.0 Å². The van der Waals surface area contributed by atoms with Gasteiger partial charge in [0.2, 0.25) is 0 Å².